The van der Waals surface area contributed by atoms with Gasteiger partial charge in [-0.1, -0.05) is 51.8 Å². The fraction of sp³-hybridized carbons (Fsp3) is 0.120. The molecule has 1 amide bonds. The molecule has 5 nitrogen and oxygen atoms in total. The van der Waals surface area contributed by atoms with Gasteiger partial charge >= 0.3 is 0 Å². The molecule has 0 aliphatic carbocycles. The van der Waals surface area contributed by atoms with Gasteiger partial charge in [0.05, 0.1) is 19.9 Å². The number of halogens is 1. The Morgan fingerprint density at radius 3 is 2.42 bits per heavy atom. The zero-order valence-corrected chi connectivity index (χ0v) is 19.0. The van der Waals surface area contributed by atoms with E-state index in [0.717, 1.165) is 26.9 Å². The van der Waals surface area contributed by atoms with Gasteiger partial charge in [-0.3, -0.25) is 9.69 Å². The molecule has 0 atom stereocenters. The molecule has 31 heavy (non-hydrogen) atoms. The van der Waals surface area contributed by atoms with Gasteiger partial charge < -0.3 is 9.47 Å². The van der Waals surface area contributed by atoms with Crippen molar-refractivity contribution in [3.63, 3.8) is 0 Å². The van der Waals surface area contributed by atoms with Crippen LogP contribution in [0.15, 0.2) is 81.9 Å². The summed E-state index contributed by atoms with van der Waals surface area (Å²) in [5.41, 5.74) is 3.87. The molecule has 0 spiro atoms. The van der Waals surface area contributed by atoms with Crippen LogP contribution in [0.3, 0.4) is 0 Å². The number of rotatable bonds is 5. The van der Waals surface area contributed by atoms with Crippen molar-refractivity contribution in [2.24, 2.45) is 4.99 Å². The highest BCUT2D eigenvalue weighted by Crippen LogP contribution is 2.32. The summed E-state index contributed by atoms with van der Waals surface area (Å²) in [6.07, 6.45) is 1.76. The van der Waals surface area contributed by atoms with E-state index >= 15 is 0 Å². The van der Waals surface area contributed by atoms with Crippen LogP contribution in [-0.2, 0) is 4.79 Å². The average molecular weight is 477 g/mol. The van der Waals surface area contributed by atoms with Gasteiger partial charge in [0, 0.05) is 10.0 Å². The van der Waals surface area contributed by atoms with Crippen LogP contribution in [0.2, 0.25) is 0 Å². The van der Waals surface area contributed by atoms with Gasteiger partial charge in [0.2, 0.25) is 0 Å². The molecule has 1 aliphatic heterocycles. The lowest BCUT2D eigenvalue weighted by molar-refractivity contribution is -0.113. The summed E-state index contributed by atoms with van der Waals surface area (Å²) in [6.45, 7) is 2.02. The number of benzene rings is 3. The van der Waals surface area contributed by atoms with Crippen LogP contribution in [0.4, 0.5) is 5.69 Å². The maximum Gasteiger partial charge on any atom is 0.282 e. The lowest BCUT2D eigenvalue weighted by Gasteiger charge is -2.19. The number of anilines is 1. The Morgan fingerprint density at radius 1 is 0.935 bits per heavy atom. The van der Waals surface area contributed by atoms with Crippen molar-refractivity contribution in [1.29, 1.82) is 0 Å². The molecule has 0 saturated heterocycles. The molecule has 1 heterocycles. The Hall–Kier alpha value is -3.38. The number of amidine groups is 1. The Balaban J connectivity index is 1.82. The molecule has 0 bridgehead atoms. The number of amides is 1. The van der Waals surface area contributed by atoms with E-state index in [-0.39, 0.29) is 5.91 Å². The summed E-state index contributed by atoms with van der Waals surface area (Å²) in [7, 11) is 3.17. The number of aryl methyl sites for hydroxylation is 1. The molecule has 1 aliphatic rings. The normalized spacial score (nSPS) is 14.7. The molecule has 4 rings (SSSR count). The third-order valence-corrected chi connectivity index (χ3v) is 5.41. The highest BCUT2D eigenvalue weighted by Gasteiger charge is 2.32. The van der Waals surface area contributed by atoms with Crippen LogP contribution in [0, 0.1) is 6.92 Å². The zero-order valence-electron chi connectivity index (χ0n) is 17.4. The van der Waals surface area contributed by atoms with Gasteiger partial charge in [0.1, 0.15) is 11.5 Å². The topological polar surface area (TPSA) is 51.1 Å². The standard InChI is InChI=1S/C25H21BrN2O3/c1-16-6-4-7-18(12-16)24-27-21(13-17-10-11-22(30-2)23(14-17)31-3)25(29)28(24)20-9-5-8-19(26)15-20/h4-15H,1-3H3/b21-13+. The largest absolute Gasteiger partial charge is 0.493 e. The molecular formula is C25H21BrN2O3. The van der Waals surface area contributed by atoms with Crippen molar-refractivity contribution in [3.8, 4) is 11.5 Å². The van der Waals surface area contributed by atoms with E-state index in [9.17, 15) is 4.79 Å². The van der Waals surface area contributed by atoms with Gasteiger partial charge in [0.15, 0.2) is 11.5 Å². The van der Waals surface area contributed by atoms with E-state index in [0.29, 0.717) is 23.0 Å². The van der Waals surface area contributed by atoms with Gasteiger partial charge in [0.25, 0.3) is 5.91 Å². The van der Waals surface area contributed by atoms with Crippen molar-refractivity contribution < 1.29 is 14.3 Å². The highest BCUT2D eigenvalue weighted by molar-refractivity contribution is 9.10. The molecule has 156 valence electrons. The molecule has 0 aromatic heterocycles. The molecule has 0 unspecified atom stereocenters. The van der Waals surface area contributed by atoms with Crippen LogP contribution >= 0.6 is 15.9 Å². The summed E-state index contributed by atoms with van der Waals surface area (Å²) < 4.78 is 11.6. The summed E-state index contributed by atoms with van der Waals surface area (Å²) in [5.74, 6) is 1.62. The Kier molecular flexibility index (Phi) is 5.91. The first-order chi connectivity index (χ1) is 15.0. The Morgan fingerprint density at radius 2 is 1.71 bits per heavy atom. The van der Waals surface area contributed by atoms with Crippen LogP contribution in [0.1, 0.15) is 16.7 Å². The number of hydrogen-bond donors (Lipinski definition) is 0. The van der Waals surface area contributed by atoms with Crippen LogP contribution in [0.5, 0.6) is 11.5 Å². The maximum atomic E-state index is 13.4. The first-order valence-corrected chi connectivity index (χ1v) is 10.5. The maximum absolute atomic E-state index is 13.4. The third-order valence-electron chi connectivity index (χ3n) is 4.91. The SMILES string of the molecule is COc1ccc(/C=C2/N=C(c3cccc(C)c3)N(c3cccc(Br)c3)C2=O)cc1OC. The lowest BCUT2D eigenvalue weighted by Crippen LogP contribution is -2.32. The van der Waals surface area contributed by atoms with Crippen molar-refractivity contribution in [1.82, 2.24) is 0 Å². The second-order valence-electron chi connectivity index (χ2n) is 7.07. The Bertz CT molecular complexity index is 1220. The van der Waals surface area contributed by atoms with E-state index in [1.165, 1.54) is 0 Å². The first kappa shape index (κ1) is 20.9. The van der Waals surface area contributed by atoms with E-state index in [4.69, 9.17) is 14.5 Å². The predicted molar refractivity (Wildman–Crippen MR) is 127 cm³/mol. The molecule has 3 aromatic rings. The number of methoxy groups -OCH3 is 2. The van der Waals surface area contributed by atoms with E-state index in [1.807, 2.05) is 73.7 Å². The molecule has 0 N–H and O–H groups in total. The fourth-order valence-corrected chi connectivity index (χ4v) is 3.84. The molecule has 3 aromatic carbocycles. The zero-order chi connectivity index (χ0) is 22.0. The van der Waals surface area contributed by atoms with Crippen molar-refractivity contribution in [2.45, 2.75) is 6.92 Å². The number of hydrogen-bond acceptors (Lipinski definition) is 4. The van der Waals surface area contributed by atoms with Crippen LogP contribution in [0.25, 0.3) is 6.08 Å². The van der Waals surface area contributed by atoms with Crippen molar-refractivity contribution >= 4 is 39.4 Å². The first-order valence-electron chi connectivity index (χ1n) is 9.69. The highest BCUT2D eigenvalue weighted by atomic mass is 79.9. The third kappa shape index (κ3) is 4.25. The fourth-order valence-electron chi connectivity index (χ4n) is 3.45. The van der Waals surface area contributed by atoms with Crippen LogP contribution < -0.4 is 14.4 Å². The van der Waals surface area contributed by atoms with E-state index < -0.39 is 0 Å². The molecule has 0 fully saturated rings. The van der Waals surface area contributed by atoms with Crippen molar-refractivity contribution in [2.75, 3.05) is 19.1 Å². The van der Waals surface area contributed by atoms with E-state index in [1.54, 1.807) is 25.2 Å². The minimum atomic E-state index is -0.190. The Labute approximate surface area is 189 Å². The molecule has 0 saturated carbocycles. The smallest absolute Gasteiger partial charge is 0.282 e. The minimum absolute atomic E-state index is 0.190. The summed E-state index contributed by atoms with van der Waals surface area (Å²) >= 11 is 3.50. The number of ether oxygens (including phenoxy) is 2. The van der Waals surface area contributed by atoms with Gasteiger partial charge in [-0.2, -0.15) is 0 Å². The molecular weight excluding hydrogens is 456 g/mol. The second-order valence-corrected chi connectivity index (χ2v) is 7.98. The van der Waals surface area contributed by atoms with Crippen molar-refractivity contribution in [3.05, 3.63) is 93.6 Å². The quantitative estimate of drug-likeness (QED) is 0.449. The van der Waals surface area contributed by atoms with E-state index in [2.05, 4.69) is 15.9 Å². The van der Waals surface area contributed by atoms with Gasteiger partial charge in [-0.15, -0.1) is 0 Å². The van der Waals surface area contributed by atoms with Gasteiger partial charge in [-0.25, -0.2) is 4.99 Å². The lowest BCUT2D eigenvalue weighted by atomic mass is 10.1. The number of carbonyl (C=O) groups excluding carboxylic acids is 1. The number of carbonyl (C=O) groups is 1. The average Bonchev–Trinajstić information content (AvgIpc) is 3.09. The number of nitrogens with zero attached hydrogens (tertiary/aromatic N) is 2. The van der Waals surface area contributed by atoms with Gasteiger partial charge in [-0.05, 0) is 55.0 Å². The molecule has 6 heteroatoms. The monoisotopic (exact) mass is 476 g/mol. The van der Waals surface area contributed by atoms with Crippen LogP contribution in [-0.4, -0.2) is 26.0 Å². The number of aliphatic imine (C=N–C) groups is 1. The predicted octanol–water partition coefficient (Wildman–Crippen LogP) is 5.61. The summed E-state index contributed by atoms with van der Waals surface area (Å²) in [6, 6.07) is 21.1. The summed E-state index contributed by atoms with van der Waals surface area (Å²) in [5, 5.41) is 0. The second kappa shape index (κ2) is 8.78. The minimum Gasteiger partial charge on any atom is -0.493 e. The molecule has 0 radical (unpaired) electrons. The summed E-state index contributed by atoms with van der Waals surface area (Å²) in [4.78, 5) is 19.8.